The number of alkyl halides is 3. The fourth-order valence-corrected chi connectivity index (χ4v) is 2.09. The Morgan fingerprint density at radius 2 is 2.31 bits per heavy atom. The van der Waals surface area contributed by atoms with Crippen molar-refractivity contribution in [2.45, 2.75) is 12.3 Å². The number of esters is 1. The Labute approximate surface area is 109 Å². The Bertz CT molecular complexity index is 415. The van der Waals surface area contributed by atoms with Crippen LogP contribution in [-0.2, 0) is 10.6 Å². The van der Waals surface area contributed by atoms with Crippen molar-refractivity contribution < 1.29 is 18.3 Å². The third kappa shape index (κ3) is 2.79. The van der Waals surface area contributed by atoms with Crippen LogP contribution in [0, 0.1) is 3.70 Å². The standard InChI is InChI=1S/C9H7ClF2INO2/c1-16-9(15)6-5(7(11)12)2-4(3-10)8(13)14-6/h2,7H,3H2,1H3. The van der Waals surface area contributed by atoms with E-state index in [2.05, 4.69) is 9.72 Å². The molecule has 0 N–H and O–H groups in total. The Hall–Kier alpha value is -0.500. The zero-order valence-electron chi connectivity index (χ0n) is 8.14. The van der Waals surface area contributed by atoms with Gasteiger partial charge in [-0.15, -0.1) is 11.6 Å². The molecular formula is C9H7ClF2INO2. The molecule has 0 aliphatic carbocycles. The molecule has 0 aliphatic heterocycles. The lowest BCUT2D eigenvalue weighted by molar-refractivity contribution is 0.0581. The number of halogens is 4. The molecule has 0 saturated heterocycles. The van der Waals surface area contributed by atoms with Gasteiger partial charge in [-0.3, -0.25) is 0 Å². The molecule has 0 saturated carbocycles. The van der Waals surface area contributed by atoms with E-state index in [4.69, 9.17) is 11.6 Å². The first-order chi connectivity index (χ1) is 7.51. The average molecular weight is 362 g/mol. The maximum absolute atomic E-state index is 12.7. The van der Waals surface area contributed by atoms with E-state index in [9.17, 15) is 13.6 Å². The number of hydrogen-bond donors (Lipinski definition) is 0. The number of aromatic nitrogens is 1. The molecule has 0 aromatic carbocycles. The van der Waals surface area contributed by atoms with Gasteiger partial charge in [0.15, 0.2) is 5.69 Å². The monoisotopic (exact) mass is 361 g/mol. The quantitative estimate of drug-likeness (QED) is 0.359. The van der Waals surface area contributed by atoms with Gasteiger partial charge in [-0.05, 0) is 34.2 Å². The number of nitrogens with zero attached hydrogens (tertiary/aromatic N) is 1. The molecule has 88 valence electrons. The van der Waals surface area contributed by atoms with Crippen LogP contribution in [0.4, 0.5) is 8.78 Å². The minimum Gasteiger partial charge on any atom is -0.464 e. The maximum Gasteiger partial charge on any atom is 0.357 e. The van der Waals surface area contributed by atoms with Crippen LogP contribution in [0.15, 0.2) is 6.07 Å². The minimum absolute atomic E-state index is 0.0620. The van der Waals surface area contributed by atoms with Crippen molar-refractivity contribution in [1.82, 2.24) is 4.98 Å². The number of carbonyl (C=O) groups excluding carboxylic acids is 1. The van der Waals surface area contributed by atoms with E-state index in [1.54, 1.807) is 0 Å². The maximum atomic E-state index is 12.7. The molecule has 1 rings (SSSR count). The molecular weight excluding hydrogens is 354 g/mol. The van der Waals surface area contributed by atoms with Crippen LogP contribution < -0.4 is 0 Å². The zero-order valence-corrected chi connectivity index (χ0v) is 11.1. The van der Waals surface area contributed by atoms with Crippen LogP contribution in [-0.4, -0.2) is 18.1 Å². The van der Waals surface area contributed by atoms with Crippen molar-refractivity contribution in [2.75, 3.05) is 7.11 Å². The Morgan fingerprint density at radius 1 is 1.69 bits per heavy atom. The molecule has 0 unspecified atom stereocenters. The summed E-state index contributed by atoms with van der Waals surface area (Å²) in [5, 5.41) is 0. The molecule has 1 heterocycles. The van der Waals surface area contributed by atoms with E-state index in [0.29, 0.717) is 9.26 Å². The number of pyridine rings is 1. The number of rotatable bonds is 3. The SMILES string of the molecule is COC(=O)c1nc(I)c(CCl)cc1C(F)F. The van der Waals surface area contributed by atoms with Gasteiger partial charge < -0.3 is 4.74 Å². The fraction of sp³-hybridized carbons (Fsp3) is 0.333. The van der Waals surface area contributed by atoms with Gasteiger partial charge in [0.1, 0.15) is 3.70 Å². The van der Waals surface area contributed by atoms with E-state index < -0.39 is 18.0 Å². The first kappa shape index (κ1) is 13.6. The predicted molar refractivity (Wildman–Crippen MR) is 62.8 cm³/mol. The highest BCUT2D eigenvalue weighted by atomic mass is 127. The molecule has 0 fully saturated rings. The van der Waals surface area contributed by atoms with E-state index in [1.165, 1.54) is 6.07 Å². The normalized spacial score (nSPS) is 10.6. The molecule has 0 atom stereocenters. The molecule has 7 heteroatoms. The van der Waals surface area contributed by atoms with Crippen LogP contribution >= 0.6 is 34.2 Å². The van der Waals surface area contributed by atoms with Gasteiger partial charge in [0.2, 0.25) is 0 Å². The average Bonchev–Trinajstić information content (AvgIpc) is 2.27. The summed E-state index contributed by atoms with van der Waals surface area (Å²) < 4.78 is 30.2. The molecule has 16 heavy (non-hydrogen) atoms. The Kier molecular flexibility index (Phi) is 4.85. The van der Waals surface area contributed by atoms with E-state index in [1.807, 2.05) is 22.6 Å². The number of carbonyl (C=O) groups is 1. The third-order valence-corrected chi connectivity index (χ3v) is 3.06. The van der Waals surface area contributed by atoms with E-state index in [0.717, 1.165) is 7.11 Å². The summed E-state index contributed by atoms with van der Waals surface area (Å²) >= 11 is 7.40. The van der Waals surface area contributed by atoms with Crippen molar-refractivity contribution >= 4 is 40.2 Å². The van der Waals surface area contributed by atoms with Gasteiger partial charge >= 0.3 is 5.97 Å². The smallest absolute Gasteiger partial charge is 0.357 e. The van der Waals surface area contributed by atoms with Crippen LogP contribution in [0.3, 0.4) is 0 Å². The molecule has 1 aromatic rings. The number of hydrogen-bond acceptors (Lipinski definition) is 3. The van der Waals surface area contributed by atoms with Gasteiger partial charge in [-0.2, -0.15) is 0 Å². The Balaban J connectivity index is 3.36. The topological polar surface area (TPSA) is 39.2 Å². The molecule has 0 radical (unpaired) electrons. The number of methoxy groups -OCH3 is 1. The lowest BCUT2D eigenvalue weighted by Gasteiger charge is -2.09. The van der Waals surface area contributed by atoms with Crippen LogP contribution in [0.1, 0.15) is 28.0 Å². The number of ether oxygens (including phenoxy) is 1. The summed E-state index contributed by atoms with van der Waals surface area (Å²) in [6.45, 7) is 0. The van der Waals surface area contributed by atoms with Gasteiger partial charge in [0.25, 0.3) is 6.43 Å². The van der Waals surface area contributed by atoms with E-state index in [-0.39, 0.29) is 11.6 Å². The molecule has 0 aliphatic rings. The zero-order chi connectivity index (χ0) is 12.3. The van der Waals surface area contributed by atoms with E-state index >= 15 is 0 Å². The summed E-state index contributed by atoms with van der Waals surface area (Å²) in [5.41, 5.74) is -0.357. The minimum atomic E-state index is -2.79. The highest BCUT2D eigenvalue weighted by Gasteiger charge is 2.22. The molecule has 3 nitrogen and oxygen atoms in total. The van der Waals surface area contributed by atoms with Crippen LogP contribution in [0.25, 0.3) is 0 Å². The summed E-state index contributed by atoms with van der Waals surface area (Å²) in [4.78, 5) is 15.0. The van der Waals surface area contributed by atoms with Crippen molar-refractivity contribution in [3.8, 4) is 0 Å². The van der Waals surface area contributed by atoms with Crippen molar-refractivity contribution in [3.63, 3.8) is 0 Å². The first-order valence-electron chi connectivity index (χ1n) is 4.13. The third-order valence-electron chi connectivity index (χ3n) is 1.84. The Morgan fingerprint density at radius 3 is 2.75 bits per heavy atom. The van der Waals surface area contributed by atoms with Gasteiger partial charge in [-0.1, -0.05) is 0 Å². The molecule has 1 aromatic heterocycles. The molecule has 0 spiro atoms. The highest BCUT2D eigenvalue weighted by molar-refractivity contribution is 14.1. The predicted octanol–water partition coefficient (Wildman–Crippen LogP) is 3.15. The van der Waals surface area contributed by atoms with Crippen molar-refractivity contribution in [1.29, 1.82) is 0 Å². The van der Waals surface area contributed by atoms with Gasteiger partial charge in [0.05, 0.1) is 12.7 Å². The lowest BCUT2D eigenvalue weighted by atomic mass is 10.1. The molecule has 0 amide bonds. The van der Waals surface area contributed by atoms with Crippen LogP contribution in [0.5, 0.6) is 0 Å². The second-order valence-electron chi connectivity index (χ2n) is 2.80. The van der Waals surface area contributed by atoms with Crippen molar-refractivity contribution in [2.24, 2.45) is 0 Å². The summed E-state index contributed by atoms with van der Waals surface area (Å²) in [5.74, 6) is -0.818. The fourth-order valence-electron chi connectivity index (χ4n) is 1.07. The summed E-state index contributed by atoms with van der Waals surface area (Å²) in [7, 11) is 1.11. The highest BCUT2D eigenvalue weighted by Crippen LogP contribution is 2.26. The second kappa shape index (κ2) is 5.72. The lowest BCUT2D eigenvalue weighted by Crippen LogP contribution is -2.11. The summed E-state index contributed by atoms with van der Waals surface area (Å²) in [6, 6.07) is 1.18. The van der Waals surface area contributed by atoms with Crippen molar-refractivity contribution in [3.05, 3.63) is 26.6 Å². The second-order valence-corrected chi connectivity index (χ2v) is 4.09. The van der Waals surface area contributed by atoms with Crippen LogP contribution in [0.2, 0.25) is 0 Å². The van der Waals surface area contributed by atoms with Gasteiger partial charge in [-0.25, -0.2) is 18.6 Å². The summed E-state index contributed by atoms with van der Waals surface area (Å²) in [6.07, 6.45) is -2.79. The largest absolute Gasteiger partial charge is 0.464 e. The van der Waals surface area contributed by atoms with Gasteiger partial charge in [0, 0.05) is 5.88 Å². The molecule has 0 bridgehead atoms. The first-order valence-corrected chi connectivity index (χ1v) is 5.74.